The van der Waals surface area contributed by atoms with E-state index in [-0.39, 0.29) is 19.8 Å². The fraction of sp³-hybridized carbons (Fsp3) is 1.00. The molecule has 0 aliphatic heterocycles. The van der Waals surface area contributed by atoms with Crippen LogP contribution in [0.2, 0.25) is 0 Å². The van der Waals surface area contributed by atoms with E-state index in [1.165, 1.54) is 0 Å². The van der Waals surface area contributed by atoms with Crippen LogP contribution in [0.1, 0.15) is 27.2 Å². The van der Waals surface area contributed by atoms with Gasteiger partial charge in [0.2, 0.25) is 6.41 Å². The lowest BCUT2D eigenvalue weighted by atomic mass is 10.0. The number of nitrogens with one attached hydrogen (secondary N) is 1. The number of hydrogen-bond acceptors (Lipinski definition) is 9. The molecule has 0 bridgehead atoms. The summed E-state index contributed by atoms with van der Waals surface area (Å²) in [6, 6.07) is 0. The van der Waals surface area contributed by atoms with Crippen molar-refractivity contribution >= 4 is 0 Å². The Kier molecular flexibility index (Phi) is 10.2. The van der Waals surface area contributed by atoms with Gasteiger partial charge in [-0.05, 0) is 33.7 Å². The van der Waals surface area contributed by atoms with E-state index in [0.29, 0.717) is 19.6 Å². The molecule has 0 fully saturated rings. The molecule has 0 aromatic carbocycles. The third-order valence-electron chi connectivity index (χ3n) is 2.49. The highest BCUT2D eigenvalue weighted by Crippen LogP contribution is 2.13. The molecule has 0 rings (SSSR count). The normalized spacial score (nSPS) is 14.4. The predicted molar refractivity (Wildman–Crippen MR) is 77.5 cm³/mol. The summed E-state index contributed by atoms with van der Waals surface area (Å²) in [6.45, 7) is 6.62. The smallest absolute Gasteiger partial charge is 0.214 e. The summed E-state index contributed by atoms with van der Waals surface area (Å²) in [6.07, 6.45) is -0.544. The number of ether oxygens (including phenoxy) is 2. The quantitative estimate of drug-likeness (QED) is 0.166. The second kappa shape index (κ2) is 10.4. The Bertz CT molecular complexity index is 257. The summed E-state index contributed by atoms with van der Waals surface area (Å²) in [5, 5.41) is 12.8. The molecule has 0 aromatic rings. The molecule has 21 heavy (non-hydrogen) atoms. The van der Waals surface area contributed by atoms with Gasteiger partial charge in [-0.3, -0.25) is 5.32 Å². The van der Waals surface area contributed by atoms with Crippen LogP contribution in [0.3, 0.4) is 0 Å². The molecular formula is C12H30N4O5. The molecule has 0 aliphatic carbocycles. The van der Waals surface area contributed by atoms with Gasteiger partial charge in [-0.25, -0.2) is 11.8 Å². The SMILES string of the molecule is CC(C)(C)OC(O)NC(CON)(CON)COCCCN. The molecule has 0 saturated heterocycles. The maximum absolute atomic E-state index is 9.97. The predicted octanol–water partition coefficient (Wildman–Crippen LogP) is -1.45. The summed E-state index contributed by atoms with van der Waals surface area (Å²) in [4.78, 5) is 9.36. The zero-order valence-electron chi connectivity index (χ0n) is 13.1. The van der Waals surface area contributed by atoms with E-state index in [1.54, 1.807) is 0 Å². The third kappa shape index (κ3) is 10.1. The zero-order chi connectivity index (χ0) is 16.4. The van der Waals surface area contributed by atoms with Gasteiger partial charge in [0.15, 0.2) is 0 Å². The van der Waals surface area contributed by atoms with E-state index in [0.717, 1.165) is 0 Å². The topological polar surface area (TPSA) is 147 Å². The van der Waals surface area contributed by atoms with Crippen LogP contribution in [0, 0.1) is 0 Å². The first kappa shape index (κ1) is 20.6. The Morgan fingerprint density at radius 3 is 2.10 bits per heavy atom. The highest BCUT2D eigenvalue weighted by Gasteiger charge is 2.35. The van der Waals surface area contributed by atoms with Gasteiger partial charge in [-0.1, -0.05) is 0 Å². The van der Waals surface area contributed by atoms with Crippen molar-refractivity contribution in [3.63, 3.8) is 0 Å². The van der Waals surface area contributed by atoms with E-state index in [9.17, 15) is 5.11 Å². The van der Waals surface area contributed by atoms with Gasteiger partial charge in [-0.2, -0.15) is 0 Å². The van der Waals surface area contributed by atoms with Crippen molar-refractivity contribution in [3.8, 4) is 0 Å². The van der Waals surface area contributed by atoms with Gasteiger partial charge in [0.25, 0.3) is 0 Å². The molecule has 0 radical (unpaired) electrons. The van der Waals surface area contributed by atoms with Crippen LogP contribution >= 0.6 is 0 Å². The van der Waals surface area contributed by atoms with Crippen molar-refractivity contribution < 1.29 is 24.3 Å². The fourth-order valence-corrected chi connectivity index (χ4v) is 1.65. The van der Waals surface area contributed by atoms with Gasteiger partial charge in [-0.15, -0.1) is 0 Å². The van der Waals surface area contributed by atoms with E-state index in [4.69, 9.17) is 27.0 Å². The summed E-state index contributed by atoms with van der Waals surface area (Å²) in [5.74, 6) is 10.3. The number of aliphatic hydroxyl groups excluding tert-OH is 1. The second-order valence-electron chi connectivity index (χ2n) is 5.82. The van der Waals surface area contributed by atoms with Gasteiger partial charge in [0, 0.05) is 6.61 Å². The Labute approximate surface area is 125 Å². The summed E-state index contributed by atoms with van der Waals surface area (Å²) >= 11 is 0. The van der Waals surface area contributed by atoms with Crippen LogP contribution in [0.15, 0.2) is 0 Å². The summed E-state index contributed by atoms with van der Waals surface area (Å²) < 4.78 is 10.9. The van der Waals surface area contributed by atoms with E-state index >= 15 is 0 Å². The van der Waals surface area contributed by atoms with Crippen molar-refractivity contribution in [2.45, 2.75) is 44.7 Å². The standard InChI is InChI=1S/C12H30N4O5/c1-11(2,3)21-10(17)16-12(8-19-14,9-20-15)7-18-6-4-5-13/h10,16-17H,4-9,13-15H2,1-3H3. The van der Waals surface area contributed by atoms with Crippen LogP contribution in [-0.2, 0) is 19.1 Å². The highest BCUT2D eigenvalue weighted by molar-refractivity contribution is 4.88. The highest BCUT2D eigenvalue weighted by atomic mass is 16.6. The van der Waals surface area contributed by atoms with Crippen LogP contribution in [-0.4, -0.2) is 55.6 Å². The van der Waals surface area contributed by atoms with Crippen molar-refractivity contribution in [1.82, 2.24) is 5.32 Å². The second-order valence-corrected chi connectivity index (χ2v) is 5.82. The molecule has 1 atom stereocenters. The molecule has 0 aromatic heterocycles. The molecule has 0 spiro atoms. The van der Waals surface area contributed by atoms with Crippen molar-refractivity contribution in [2.75, 3.05) is 33.0 Å². The van der Waals surface area contributed by atoms with Crippen molar-refractivity contribution in [2.24, 2.45) is 17.5 Å². The average Bonchev–Trinajstić information content (AvgIpc) is 2.33. The maximum Gasteiger partial charge on any atom is 0.214 e. The van der Waals surface area contributed by atoms with Gasteiger partial charge in [0.1, 0.15) is 0 Å². The molecule has 0 saturated carbocycles. The molecule has 8 N–H and O–H groups in total. The maximum atomic E-state index is 9.97. The van der Waals surface area contributed by atoms with Crippen LogP contribution in [0.4, 0.5) is 0 Å². The van der Waals surface area contributed by atoms with Gasteiger partial charge >= 0.3 is 0 Å². The largest absolute Gasteiger partial charge is 0.379 e. The molecule has 9 nitrogen and oxygen atoms in total. The first-order valence-electron chi connectivity index (χ1n) is 6.83. The first-order chi connectivity index (χ1) is 9.78. The van der Waals surface area contributed by atoms with Crippen molar-refractivity contribution in [3.05, 3.63) is 0 Å². The lowest BCUT2D eigenvalue weighted by molar-refractivity contribution is -0.204. The Balaban J connectivity index is 4.66. The minimum absolute atomic E-state index is 0.0113. The molecule has 0 amide bonds. The minimum atomic E-state index is -1.26. The van der Waals surface area contributed by atoms with Gasteiger partial charge < -0.3 is 30.0 Å². The van der Waals surface area contributed by atoms with E-state index < -0.39 is 17.6 Å². The molecule has 128 valence electrons. The zero-order valence-corrected chi connectivity index (χ0v) is 13.1. The molecule has 0 heterocycles. The lowest BCUT2D eigenvalue weighted by Crippen LogP contribution is -2.61. The molecular weight excluding hydrogens is 280 g/mol. The van der Waals surface area contributed by atoms with Crippen molar-refractivity contribution in [1.29, 1.82) is 0 Å². The van der Waals surface area contributed by atoms with E-state index in [1.807, 2.05) is 20.8 Å². The minimum Gasteiger partial charge on any atom is -0.379 e. The van der Waals surface area contributed by atoms with E-state index in [2.05, 4.69) is 15.0 Å². The fourth-order valence-electron chi connectivity index (χ4n) is 1.65. The Morgan fingerprint density at radius 2 is 1.67 bits per heavy atom. The number of hydrogen-bond donors (Lipinski definition) is 5. The molecule has 9 heteroatoms. The first-order valence-corrected chi connectivity index (χ1v) is 6.83. The molecule has 1 unspecified atom stereocenters. The third-order valence-corrected chi connectivity index (χ3v) is 2.49. The number of rotatable bonds is 12. The summed E-state index contributed by atoms with van der Waals surface area (Å²) in [7, 11) is 0. The van der Waals surface area contributed by atoms with Crippen LogP contribution < -0.4 is 22.8 Å². The van der Waals surface area contributed by atoms with Crippen LogP contribution in [0.5, 0.6) is 0 Å². The number of aliphatic hydroxyl groups is 1. The Hall–Kier alpha value is -0.360. The Morgan fingerprint density at radius 1 is 1.10 bits per heavy atom. The lowest BCUT2D eigenvalue weighted by Gasteiger charge is -2.36. The number of nitrogens with two attached hydrogens (primary N) is 3. The summed E-state index contributed by atoms with van der Waals surface area (Å²) in [5.41, 5.74) is 3.92. The monoisotopic (exact) mass is 310 g/mol. The van der Waals surface area contributed by atoms with Gasteiger partial charge in [0.05, 0.1) is 31.0 Å². The molecule has 0 aliphatic rings. The average molecular weight is 310 g/mol. The van der Waals surface area contributed by atoms with Crippen LogP contribution in [0.25, 0.3) is 0 Å².